The van der Waals surface area contributed by atoms with E-state index in [2.05, 4.69) is 10.3 Å². The van der Waals surface area contributed by atoms with Crippen molar-refractivity contribution in [2.45, 2.75) is 6.54 Å². The van der Waals surface area contributed by atoms with Crippen molar-refractivity contribution in [3.63, 3.8) is 0 Å². The topological polar surface area (TPSA) is 62.2 Å². The van der Waals surface area contributed by atoms with Crippen LogP contribution in [0, 0.1) is 0 Å². The number of benzene rings is 3. The van der Waals surface area contributed by atoms with E-state index in [1.807, 2.05) is 60.7 Å². The summed E-state index contributed by atoms with van der Waals surface area (Å²) in [7, 11) is 0. The van der Waals surface area contributed by atoms with E-state index in [1.165, 1.54) is 0 Å². The number of fused-ring (bicyclic) bond motifs is 1. The molecule has 1 amide bonds. The summed E-state index contributed by atoms with van der Waals surface area (Å²) in [6, 6.07) is 26.1. The molecule has 0 radical (unpaired) electrons. The van der Waals surface area contributed by atoms with Crippen LogP contribution in [0.25, 0.3) is 22.2 Å². The van der Waals surface area contributed by atoms with Gasteiger partial charge in [-0.15, -0.1) is 0 Å². The van der Waals surface area contributed by atoms with Crippen molar-refractivity contribution in [1.82, 2.24) is 10.3 Å². The van der Waals surface area contributed by atoms with Crippen molar-refractivity contribution < 1.29 is 9.90 Å². The quantitative estimate of drug-likeness (QED) is 0.566. The predicted octanol–water partition coefficient (Wildman–Crippen LogP) is 4.54. The van der Waals surface area contributed by atoms with E-state index < -0.39 is 0 Å². The first-order valence-corrected chi connectivity index (χ1v) is 8.72. The van der Waals surface area contributed by atoms with Crippen molar-refractivity contribution in [2.75, 3.05) is 0 Å². The Bertz CT molecular complexity index is 1090. The number of phenols is 1. The number of aromatic hydroxyl groups is 1. The number of nitrogens with zero attached hydrogens (tertiary/aromatic N) is 1. The SMILES string of the molecule is O=C(NCc1ccccc1)c1cc(-c2ccccc2)nc2cc(O)ccc12. The number of phenolic OH excluding ortho intramolecular Hbond substituents is 1. The molecule has 1 aromatic heterocycles. The second-order valence-corrected chi connectivity index (χ2v) is 6.29. The molecule has 0 aliphatic carbocycles. The van der Waals surface area contributed by atoms with Crippen LogP contribution >= 0.6 is 0 Å². The van der Waals surface area contributed by atoms with Crippen LogP contribution in [0.3, 0.4) is 0 Å². The number of hydrogen-bond donors (Lipinski definition) is 2. The molecule has 4 rings (SSSR count). The van der Waals surface area contributed by atoms with Crippen molar-refractivity contribution in [3.05, 3.63) is 96.1 Å². The van der Waals surface area contributed by atoms with Crippen molar-refractivity contribution >= 4 is 16.8 Å². The molecule has 0 bridgehead atoms. The Balaban J connectivity index is 1.74. The zero-order valence-corrected chi connectivity index (χ0v) is 14.6. The van der Waals surface area contributed by atoms with Gasteiger partial charge in [0.2, 0.25) is 0 Å². The molecule has 3 aromatic carbocycles. The molecular weight excluding hydrogens is 336 g/mol. The zero-order valence-electron chi connectivity index (χ0n) is 14.6. The summed E-state index contributed by atoms with van der Waals surface area (Å²) < 4.78 is 0. The van der Waals surface area contributed by atoms with Crippen LogP contribution in [0.5, 0.6) is 5.75 Å². The number of carbonyl (C=O) groups excluding carboxylic acids is 1. The van der Waals surface area contributed by atoms with E-state index in [1.54, 1.807) is 24.3 Å². The van der Waals surface area contributed by atoms with Crippen LogP contribution in [-0.2, 0) is 6.54 Å². The summed E-state index contributed by atoms with van der Waals surface area (Å²) in [6.45, 7) is 0.447. The van der Waals surface area contributed by atoms with E-state index in [0.29, 0.717) is 28.7 Å². The van der Waals surface area contributed by atoms with Gasteiger partial charge < -0.3 is 10.4 Å². The molecule has 1 heterocycles. The van der Waals surface area contributed by atoms with Gasteiger partial charge in [-0.1, -0.05) is 60.7 Å². The first kappa shape index (κ1) is 16.8. The summed E-state index contributed by atoms with van der Waals surface area (Å²) in [6.07, 6.45) is 0. The van der Waals surface area contributed by atoms with E-state index in [9.17, 15) is 9.90 Å². The number of nitrogens with one attached hydrogen (secondary N) is 1. The molecule has 2 N–H and O–H groups in total. The van der Waals surface area contributed by atoms with Crippen LogP contribution < -0.4 is 5.32 Å². The smallest absolute Gasteiger partial charge is 0.252 e. The molecule has 27 heavy (non-hydrogen) atoms. The molecule has 0 spiro atoms. The highest BCUT2D eigenvalue weighted by Crippen LogP contribution is 2.27. The highest BCUT2D eigenvalue weighted by molar-refractivity contribution is 6.07. The molecule has 0 unspecified atom stereocenters. The minimum atomic E-state index is -0.172. The average molecular weight is 354 g/mol. The predicted molar refractivity (Wildman–Crippen MR) is 106 cm³/mol. The molecule has 0 saturated heterocycles. The van der Waals surface area contributed by atoms with Gasteiger partial charge in [-0.05, 0) is 23.8 Å². The molecule has 0 aliphatic heterocycles. The number of hydrogen-bond acceptors (Lipinski definition) is 3. The zero-order chi connectivity index (χ0) is 18.6. The minimum absolute atomic E-state index is 0.121. The first-order chi connectivity index (χ1) is 13.2. The van der Waals surface area contributed by atoms with Gasteiger partial charge in [0.15, 0.2) is 0 Å². The average Bonchev–Trinajstić information content (AvgIpc) is 2.72. The van der Waals surface area contributed by atoms with Crippen molar-refractivity contribution in [3.8, 4) is 17.0 Å². The largest absolute Gasteiger partial charge is 0.508 e. The standard InChI is InChI=1S/C23H18N2O2/c26-18-11-12-19-20(23(27)24-15-16-7-3-1-4-8-16)14-21(25-22(19)13-18)17-9-5-2-6-10-17/h1-14,26H,15H2,(H,24,27). The second-order valence-electron chi connectivity index (χ2n) is 6.29. The molecule has 0 fully saturated rings. The van der Waals surface area contributed by atoms with Crippen LogP contribution in [0.15, 0.2) is 84.9 Å². The fourth-order valence-corrected chi connectivity index (χ4v) is 3.03. The molecule has 4 heteroatoms. The van der Waals surface area contributed by atoms with E-state index in [4.69, 9.17) is 0 Å². The van der Waals surface area contributed by atoms with Gasteiger partial charge >= 0.3 is 0 Å². The monoisotopic (exact) mass is 354 g/mol. The highest BCUT2D eigenvalue weighted by Gasteiger charge is 2.14. The first-order valence-electron chi connectivity index (χ1n) is 8.72. The van der Waals surface area contributed by atoms with Crippen molar-refractivity contribution in [1.29, 1.82) is 0 Å². The number of carbonyl (C=O) groups is 1. The maximum Gasteiger partial charge on any atom is 0.252 e. The molecule has 0 atom stereocenters. The highest BCUT2D eigenvalue weighted by atomic mass is 16.3. The van der Waals surface area contributed by atoms with E-state index in [0.717, 1.165) is 11.1 Å². The molecule has 4 nitrogen and oxygen atoms in total. The van der Waals surface area contributed by atoms with E-state index in [-0.39, 0.29) is 11.7 Å². The summed E-state index contributed by atoms with van der Waals surface area (Å²) in [5.41, 5.74) is 3.76. The van der Waals surface area contributed by atoms with Crippen LogP contribution in [0.4, 0.5) is 0 Å². The Morgan fingerprint density at radius 2 is 1.59 bits per heavy atom. The number of rotatable bonds is 4. The van der Waals surface area contributed by atoms with Gasteiger partial charge in [0.1, 0.15) is 5.75 Å². The minimum Gasteiger partial charge on any atom is -0.508 e. The second kappa shape index (κ2) is 7.30. The molecule has 4 aromatic rings. The van der Waals surface area contributed by atoms with Gasteiger partial charge in [-0.25, -0.2) is 4.98 Å². The van der Waals surface area contributed by atoms with Crippen LogP contribution in [0.1, 0.15) is 15.9 Å². The lowest BCUT2D eigenvalue weighted by molar-refractivity contribution is 0.0952. The Hall–Kier alpha value is -3.66. The summed E-state index contributed by atoms with van der Waals surface area (Å²) in [5.74, 6) is -0.0509. The normalized spacial score (nSPS) is 10.7. The lowest BCUT2D eigenvalue weighted by Crippen LogP contribution is -2.23. The fraction of sp³-hybridized carbons (Fsp3) is 0.0435. The third-order valence-electron chi connectivity index (χ3n) is 4.40. The summed E-state index contributed by atoms with van der Waals surface area (Å²) >= 11 is 0. The molecule has 0 saturated carbocycles. The van der Waals surface area contributed by atoms with Crippen LogP contribution in [-0.4, -0.2) is 16.0 Å². The lowest BCUT2D eigenvalue weighted by atomic mass is 10.0. The third-order valence-corrected chi connectivity index (χ3v) is 4.40. The van der Waals surface area contributed by atoms with Gasteiger partial charge in [0, 0.05) is 23.6 Å². The Morgan fingerprint density at radius 1 is 0.889 bits per heavy atom. The number of amides is 1. The Labute approximate surface area is 157 Å². The lowest BCUT2D eigenvalue weighted by Gasteiger charge is -2.11. The van der Waals surface area contributed by atoms with Gasteiger partial charge in [-0.2, -0.15) is 0 Å². The Kier molecular flexibility index (Phi) is 4.54. The molecular formula is C23H18N2O2. The van der Waals surface area contributed by atoms with Crippen molar-refractivity contribution in [2.24, 2.45) is 0 Å². The molecule has 132 valence electrons. The number of aromatic nitrogens is 1. The Morgan fingerprint density at radius 3 is 2.33 bits per heavy atom. The van der Waals surface area contributed by atoms with Gasteiger partial charge in [0.05, 0.1) is 16.8 Å². The molecule has 0 aliphatic rings. The van der Waals surface area contributed by atoms with Gasteiger partial charge in [-0.3, -0.25) is 4.79 Å². The van der Waals surface area contributed by atoms with E-state index >= 15 is 0 Å². The maximum absolute atomic E-state index is 12.9. The fourth-order valence-electron chi connectivity index (χ4n) is 3.03. The summed E-state index contributed by atoms with van der Waals surface area (Å²) in [5, 5.41) is 13.5. The maximum atomic E-state index is 12.9. The number of pyridine rings is 1. The van der Waals surface area contributed by atoms with Gasteiger partial charge in [0.25, 0.3) is 5.91 Å². The van der Waals surface area contributed by atoms with Crippen LogP contribution in [0.2, 0.25) is 0 Å². The summed E-state index contributed by atoms with van der Waals surface area (Å²) in [4.78, 5) is 17.5. The third kappa shape index (κ3) is 3.65.